The average Bonchev–Trinajstić information content (AvgIpc) is 2.70. The van der Waals surface area contributed by atoms with Gasteiger partial charge in [0.2, 0.25) is 0 Å². The van der Waals surface area contributed by atoms with Crippen LogP contribution in [-0.2, 0) is 48.5 Å². The van der Waals surface area contributed by atoms with Gasteiger partial charge >= 0.3 is 29.0 Å². The van der Waals surface area contributed by atoms with Gasteiger partial charge in [0.15, 0.2) is 13.5 Å². The minimum atomic E-state index is -1.17. The van der Waals surface area contributed by atoms with E-state index in [0.717, 1.165) is 6.08 Å². The molecule has 0 aliphatic carbocycles. The van der Waals surface area contributed by atoms with E-state index in [9.17, 15) is 24.0 Å². The molecular weight excluding hydrogens is 454 g/mol. The molecule has 0 saturated heterocycles. The highest BCUT2D eigenvalue weighted by atomic mass is 16.6. The summed E-state index contributed by atoms with van der Waals surface area (Å²) in [6, 6.07) is 0. The molecule has 0 saturated carbocycles. The number of hydrogen-bond acceptors (Lipinski definition) is 11. The Morgan fingerprint density at radius 1 is 0.794 bits per heavy atom. The molecule has 0 spiro atoms. The lowest BCUT2D eigenvalue weighted by atomic mass is 10.4. The largest absolute Gasteiger partial charge is 0.462 e. The number of rotatable bonds is 11. The summed E-state index contributed by atoms with van der Waals surface area (Å²) in [7, 11) is 0. The second kappa shape index (κ2) is 20.6. The normalized spacial score (nSPS) is 8.18. The number of carbonyl (C=O) groups excluding carboxylic acids is 2. The summed E-state index contributed by atoms with van der Waals surface area (Å²) in [5.41, 5.74) is -3.46. The second-order valence-electron chi connectivity index (χ2n) is 4.93. The summed E-state index contributed by atoms with van der Waals surface area (Å²) in [5.74, 6) is -1.52. The molecule has 0 radical (unpaired) electrons. The average molecular weight is 490 g/mol. The summed E-state index contributed by atoms with van der Waals surface area (Å²) in [6.45, 7) is 0.643. The molecule has 14 heteroatoms. The van der Waals surface area contributed by atoms with Gasteiger partial charge in [-0.2, -0.15) is 10.5 Å². The topological polar surface area (TPSA) is 185 Å². The van der Waals surface area contributed by atoms with E-state index in [0.29, 0.717) is 13.7 Å². The predicted molar refractivity (Wildman–Crippen MR) is 123 cm³/mol. The number of hydrogen-bond donors (Lipinski definition) is 0. The van der Waals surface area contributed by atoms with E-state index in [2.05, 4.69) is 20.8 Å². The molecule has 0 atom stereocenters. The van der Waals surface area contributed by atoms with Crippen LogP contribution in [0.4, 0.5) is 0 Å². The second-order valence-corrected chi connectivity index (χ2v) is 4.93. The minimum absolute atomic E-state index is 0. The van der Waals surface area contributed by atoms with Gasteiger partial charge in [-0.15, -0.1) is 0 Å². The Morgan fingerprint density at radius 3 is 1.62 bits per heavy atom. The van der Waals surface area contributed by atoms with E-state index >= 15 is 0 Å². The number of nitrogens with zero attached hydrogens (tertiary/aromatic N) is 5. The van der Waals surface area contributed by atoms with Crippen LogP contribution in [0, 0.1) is 23.0 Å². The van der Waals surface area contributed by atoms with Crippen molar-refractivity contribution in [1.29, 1.82) is 10.5 Å². The zero-order chi connectivity index (χ0) is 21.8. The zero-order valence-electron chi connectivity index (χ0n) is 14.9. The molecule has 0 aliphatic heterocycles. The molecule has 14 nitrogen and oxygen atoms in total. The van der Waals surface area contributed by atoms with E-state index in [4.69, 9.17) is 15.3 Å². The molecule has 0 unspecified atom stereocenters. The highest BCUT2D eigenvalue weighted by Gasteiger charge is 2.17. The molecule has 1 aromatic heterocycles. The molecule has 1 heterocycles. The van der Waals surface area contributed by atoms with Gasteiger partial charge in [-0.3, -0.25) is 4.79 Å². The van der Waals surface area contributed by atoms with Crippen molar-refractivity contribution in [2.45, 2.75) is 63.6 Å². The fraction of sp³-hybridized carbons (Fsp3) is 0.550. The Hall–Kier alpha value is -4.33. The van der Waals surface area contributed by atoms with Crippen molar-refractivity contribution in [1.82, 2.24) is 13.7 Å². The van der Waals surface area contributed by atoms with Gasteiger partial charge in [0.05, 0.1) is 6.42 Å². The summed E-state index contributed by atoms with van der Waals surface area (Å²) >= 11 is 0. The lowest BCUT2D eigenvalue weighted by Crippen LogP contribution is -2.55. The molecule has 1 rings (SSSR count). The van der Waals surface area contributed by atoms with E-state index in [1.54, 1.807) is 0 Å². The summed E-state index contributed by atoms with van der Waals surface area (Å²) in [6.07, 6.45) is 3.01. The highest BCUT2D eigenvalue weighted by Crippen LogP contribution is 1.91. The third-order valence-electron chi connectivity index (χ3n) is 3.20. The number of esters is 2. The molecule has 0 aromatic carbocycles. The first-order valence-corrected chi connectivity index (χ1v) is 7.78. The molecule has 1 aromatic rings. The van der Waals surface area contributed by atoms with Crippen molar-refractivity contribution in [2.75, 3.05) is 13.2 Å². The first-order valence-electron chi connectivity index (χ1n) is 7.78. The third kappa shape index (κ3) is 11.3. The van der Waals surface area contributed by atoms with Crippen LogP contribution in [-0.4, -0.2) is 38.9 Å². The Labute approximate surface area is 198 Å². The first kappa shape index (κ1) is 40.1. The van der Waals surface area contributed by atoms with Crippen LogP contribution >= 0.6 is 0 Å². The lowest BCUT2D eigenvalue weighted by molar-refractivity contribution is -0.149. The maximum atomic E-state index is 12.3. The van der Waals surface area contributed by atoms with Crippen LogP contribution < -0.4 is 17.1 Å². The number of ether oxygens (including phenoxy) is 4. The third-order valence-corrected chi connectivity index (χ3v) is 3.20. The molecule has 0 aliphatic rings. The first-order chi connectivity index (χ1) is 13.9. The quantitative estimate of drug-likeness (QED) is 0.186. The van der Waals surface area contributed by atoms with Gasteiger partial charge in [-0.1, -0.05) is 43.7 Å². The van der Waals surface area contributed by atoms with Gasteiger partial charge in [0, 0.05) is 12.6 Å². The van der Waals surface area contributed by atoms with Crippen LogP contribution in [0.3, 0.4) is 0 Å². The van der Waals surface area contributed by atoms with Gasteiger partial charge in [0.1, 0.15) is 13.2 Å². The predicted octanol–water partition coefficient (Wildman–Crippen LogP) is 0.925. The van der Waals surface area contributed by atoms with Crippen LogP contribution in [0.1, 0.15) is 43.6 Å². The van der Waals surface area contributed by atoms with Crippen molar-refractivity contribution in [3.63, 3.8) is 0 Å². The Balaban J connectivity index is -0.000000561. The van der Waals surface area contributed by atoms with Gasteiger partial charge < -0.3 is 18.9 Å². The SMILES string of the molecule is C.C.C.C.C.C=CC(=O)OCCOC(=O)CCn1c(=O)n(COC#N)c(=O)n(COC#N)c1=O. The van der Waals surface area contributed by atoms with Crippen molar-refractivity contribution in [3.05, 3.63) is 44.1 Å². The van der Waals surface area contributed by atoms with Gasteiger partial charge in [0.25, 0.3) is 12.5 Å². The fourth-order valence-electron chi connectivity index (χ4n) is 1.91. The standard InChI is InChI=1S/C15H15N5O9.5CH4/c1-2-11(21)28-5-6-29-12(22)3-4-18-13(23)19(9-26-7-16)15(25)20(14(18)24)10-27-8-17;;;;;/h2H,1,3-6,9-10H2;5*1H4. The maximum absolute atomic E-state index is 12.3. The number of aromatic nitrogens is 3. The van der Waals surface area contributed by atoms with E-state index in [1.165, 1.54) is 12.5 Å². The van der Waals surface area contributed by atoms with Gasteiger partial charge in [-0.25, -0.2) is 32.9 Å². The monoisotopic (exact) mass is 489 g/mol. The Kier molecular flexibility index (Phi) is 24.2. The zero-order valence-corrected chi connectivity index (χ0v) is 14.9. The molecule has 0 N–H and O–H groups in total. The van der Waals surface area contributed by atoms with E-state index in [-0.39, 0.29) is 50.3 Å². The molecule has 194 valence electrons. The van der Waals surface area contributed by atoms with E-state index in [1.807, 2.05) is 0 Å². The van der Waals surface area contributed by atoms with Gasteiger partial charge in [-0.05, 0) is 0 Å². The fourth-order valence-corrected chi connectivity index (χ4v) is 1.91. The minimum Gasteiger partial charge on any atom is -0.462 e. The van der Waals surface area contributed by atoms with Crippen LogP contribution in [0.15, 0.2) is 27.0 Å². The Morgan fingerprint density at radius 2 is 1.21 bits per heavy atom. The van der Waals surface area contributed by atoms with Crippen molar-refractivity contribution < 1.29 is 28.5 Å². The number of nitriles is 2. The van der Waals surface area contributed by atoms with Crippen molar-refractivity contribution >= 4 is 11.9 Å². The molecular formula is C20H35N5O9. The summed E-state index contributed by atoms with van der Waals surface area (Å²) in [5, 5.41) is 16.9. The van der Waals surface area contributed by atoms with Crippen LogP contribution in [0.25, 0.3) is 0 Å². The molecule has 0 amide bonds. The molecule has 34 heavy (non-hydrogen) atoms. The molecule has 0 fully saturated rings. The molecule has 0 bridgehead atoms. The highest BCUT2D eigenvalue weighted by molar-refractivity contribution is 5.81. The van der Waals surface area contributed by atoms with Crippen molar-refractivity contribution in [2.24, 2.45) is 0 Å². The maximum Gasteiger partial charge on any atom is 0.342 e. The number of carbonyl (C=O) groups is 2. The van der Waals surface area contributed by atoms with E-state index < -0.39 is 55.4 Å². The summed E-state index contributed by atoms with van der Waals surface area (Å²) in [4.78, 5) is 59.4. The van der Waals surface area contributed by atoms with Crippen molar-refractivity contribution in [3.8, 4) is 12.5 Å². The van der Waals surface area contributed by atoms with Crippen LogP contribution in [0.2, 0.25) is 0 Å². The van der Waals surface area contributed by atoms with Crippen LogP contribution in [0.5, 0.6) is 0 Å². The smallest absolute Gasteiger partial charge is 0.342 e. The Bertz CT molecular complexity index is 969. The summed E-state index contributed by atoms with van der Waals surface area (Å²) < 4.78 is 19.4. The lowest BCUT2D eigenvalue weighted by Gasteiger charge is -2.12.